The second kappa shape index (κ2) is 13.6. The Kier molecular flexibility index (Phi) is 17.6. The summed E-state index contributed by atoms with van der Waals surface area (Å²) >= 11 is 0. The summed E-state index contributed by atoms with van der Waals surface area (Å²) in [6, 6.07) is 0. The third kappa shape index (κ3) is 9.16. The van der Waals surface area contributed by atoms with Crippen LogP contribution in [-0.2, 0) is 21.9 Å². The summed E-state index contributed by atoms with van der Waals surface area (Å²) in [6.07, 6.45) is 12.3. The number of rotatable bonds is 2. The summed E-state index contributed by atoms with van der Waals surface area (Å²) in [7, 11) is 0. The number of hydrogen-bond acceptors (Lipinski definition) is 1. The summed E-state index contributed by atoms with van der Waals surface area (Å²) in [5.41, 5.74) is 0. The molecule has 0 saturated heterocycles. The number of ketones is 1. The minimum atomic E-state index is 0. The van der Waals surface area contributed by atoms with Gasteiger partial charge in [-0.15, -0.1) is 0 Å². The van der Waals surface area contributed by atoms with Gasteiger partial charge in [0.05, 0.1) is 0 Å². The van der Waals surface area contributed by atoms with Crippen molar-refractivity contribution < 1.29 is 21.9 Å². The second-order valence-corrected chi connectivity index (χ2v) is 5.31. The van der Waals surface area contributed by atoms with E-state index in [-0.39, 0.29) is 37.8 Å². The van der Waals surface area contributed by atoms with Crippen LogP contribution < -0.4 is 0 Å². The van der Waals surface area contributed by atoms with Crippen LogP contribution in [0.15, 0.2) is 0 Å². The van der Waals surface area contributed by atoms with Crippen molar-refractivity contribution in [1.29, 1.82) is 0 Å². The summed E-state index contributed by atoms with van der Waals surface area (Å²) in [5, 5.41) is 0. The molecule has 0 radical (unpaired) electrons. The van der Waals surface area contributed by atoms with Crippen LogP contribution in [0.1, 0.15) is 71.6 Å². The van der Waals surface area contributed by atoms with Crippen LogP contribution in [0, 0.1) is 26.7 Å². The van der Waals surface area contributed by atoms with E-state index in [2.05, 4.69) is 0 Å². The van der Waals surface area contributed by atoms with Gasteiger partial charge in [-0.05, 0) is 12.8 Å². The van der Waals surface area contributed by atoms with Gasteiger partial charge < -0.3 is 14.9 Å². The van der Waals surface area contributed by atoms with Crippen molar-refractivity contribution in [2.75, 3.05) is 0 Å². The molecule has 0 bridgehead atoms. The van der Waals surface area contributed by atoms with Crippen molar-refractivity contribution in [3.05, 3.63) is 14.9 Å². The number of Topliss-reactive ketones (excluding diaryl/α,β-unsaturated/α-hetero) is 1. The SMILES string of the molecule is C1CCCC1.CC(C)C(=O)C1CCCC1.[CH3-].[CH3-].[Fe+2]. The fourth-order valence-electron chi connectivity index (χ4n) is 2.57. The van der Waals surface area contributed by atoms with Crippen LogP contribution in [0.3, 0.4) is 0 Å². The maximum absolute atomic E-state index is 11.3. The van der Waals surface area contributed by atoms with Crippen LogP contribution in [0.5, 0.6) is 0 Å². The monoisotopic (exact) mass is 296 g/mol. The zero-order valence-corrected chi connectivity index (χ0v) is 13.9. The van der Waals surface area contributed by atoms with Gasteiger partial charge in [-0.1, -0.05) is 58.8 Å². The van der Waals surface area contributed by atoms with E-state index in [9.17, 15) is 4.79 Å². The van der Waals surface area contributed by atoms with Gasteiger partial charge in [0.2, 0.25) is 0 Å². The molecule has 0 aliphatic heterocycles. The van der Waals surface area contributed by atoms with Crippen molar-refractivity contribution in [1.82, 2.24) is 0 Å². The molecule has 0 aromatic rings. The average Bonchev–Trinajstić information content (AvgIpc) is 2.92. The molecule has 2 heteroatoms. The van der Waals surface area contributed by atoms with Crippen molar-refractivity contribution in [3.63, 3.8) is 0 Å². The molecule has 2 aliphatic carbocycles. The Balaban J connectivity index is -0.000000245. The first kappa shape index (κ1) is 23.3. The topological polar surface area (TPSA) is 17.1 Å². The van der Waals surface area contributed by atoms with Crippen molar-refractivity contribution in [2.24, 2.45) is 11.8 Å². The van der Waals surface area contributed by atoms with Gasteiger partial charge in [0, 0.05) is 11.8 Å². The second-order valence-electron chi connectivity index (χ2n) is 5.31. The molecule has 18 heavy (non-hydrogen) atoms. The normalized spacial score (nSPS) is 17.9. The summed E-state index contributed by atoms with van der Waals surface area (Å²) in [5.74, 6) is 1.15. The third-order valence-corrected chi connectivity index (χ3v) is 3.58. The van der Waals surface area contributed by atoms with E-state index in [0.29, 0.717) is 11.7 Å². The Morgan fingerprint density at radius 1 is 0.833 bits per heavy atom. The zero-order chi connectivity index (χ0) is 11.1. The molecule has 1 nitrogen and oxygen atoms in total. The Morgan fingerprint density at radius 2 is 1.17 bits per heavy atom. The smallest absolute Gasteiger partial charge is 0.358 e. The molecule has 0 unspecified atom stereocenters. The van der Waals surface area contributed by atoms with E-state index in [0.717, 1.165) is 12.8 Å². The molecular weight excluding hydrogens is 264 g/mol. The standard InChI is InChI=1S/C9H16O.C5H10.2CH3.Fe/c1-7(2)9(10)8-5-3-4-6-8;1-2-4-5-3-1;;;/h7-8H,3-6H2,1-2H3;1-5H2;2*1H3;/q;;2*-1;+2. The van der Waals surface area contributed by atoms with E-state index in [1.807, 2.05) is 13.8 Å². The largest absolute Gasteiger partial charge is 2.00 e. The van der Waals surface area contributed by atoms with E-state index in [1.54, 1.807) is 0 Å². The Bertz CT molecular complexity index is 172. The Labute approximate surface area is 126 Å². The molecule has 2 fully saturated rings. The van der Waals surface area contributed by atoms with Crippen LogP contribution >= 0.6 is 0 Å². The number of carbonyl (C=O) groups excluding carboxylic acids is 1. The van der Waals surface area contributed by atoms with Crippen LogP contribution in [0.25, 0.3) is 0 Å². The Morgan fingerprint density at radius 3 is 1.44 bits per heavy atom. The molecule has 0 heterocycles. The predicted octanol–water partition coefficient (Wildman–Crippen LogP) is 5.25. The van der Waals surface area contributed by atoms with Gasteiger partial charge in [-0.25, -0.2) is 0 Å². The minimum absolute atomic E-state index is 0. The average molecular weight is 296 g/mol. The first-order chi connectivity index (χ1) is 7.22. The van der Waals surface area contributed by atoms with Crippen LogP contribution in [-0.4, -0.2) is 5.78 Å². The van der Waals surface area contributed by atoms with Gasteiger partial charge in [0.1, 0.15) is 5.78 Å². The van der Waals surface area contributed by atoms with Gasteiger partial charge in [0.25, 0.3) is 0 Å². The van der Waals surface area contributed by atoms with Gasteiger partial charge in [-0.2, -0.15) is 0 Å². The minimum Gasteiger partial charge on any atom is -0.358 e. The first-order valence-corrected chi connectivity index (χ1v) is 6.75. The third-order valence-electron chi connectivity index (χ3n) is 3.58. The van der Waals surface area contributed by atoms with Crippen LogP contribution in [0.4, 0.5) is 0 Å². The molecule has 0 N–H and O–H groups in total. The number of hydrogen-bond donors (Lipinski definition) is 0. The fraction of sp³-hybridized carbons (Fsp3) is 0.812. The van der Waals surface area contributed by atoms with Gasteiger partial charge in [-0.3, -0.25) is 4.79 Å². The zero-order valence-electron chi connectivity index (χ0n) is 12.8. The van der Waals surface area contributed by atoms with E-state index in [4.69, 9.17) is 0 Å². The van der Waals surface area contributed by atoms with E-state index >= 15 is 0 Å². The van der Waals surface area contributed by atoms with Crippen molar-refractivity contribution >= 4 is 5.78 Å². The molecular formula is C16H32FeO. The molecule has 2 saturated carbocycles. The van der Waals surface area contributed by atoms with Crippen LogP contribution in [0.2, 0.25) is 0 Å². The predicted molar refractivity (Wildman–Crippen MR) is 77.7 cm³/mol. The maximum Gasteiger partial charge on any atom is 2.00 e. The van der Waals surface area contributed by atoms with E-state index < -0.39 is 0 Å². The van der Waals surface area contributed by atoms with Gasteiger partial charge in [0.15, 0.2) is 0 Å². The summed E-state index contributed by atoms with van der Waals surface area (Å²) in [4.78, 5) is 11.3. The molecule has 2 aliphatic rings. The summed E-state index contributed by atoms with van der Waals surface area (Å²) < 4.78 is 0. The molecule has 0 spiro atoms. The van der Waals surface area contributed by atoms with Crippen molar-refractivity contribution in [2.45, 2.75) is 71.6 Å². The molecule has 110 valence electrons. The fourth-order valence-corrected chi connectivity index (χ4v) is 2.57. The van der Waals surface area contributed by atoms with E-state index in [1.165, 1.54) is 44.9 Å². The molecule has 0 amide bonds. The quantitative estimate of drug-likeness (QED) is 0.502. The molecule has 0 aromatic carbocycles. The maximum atomic E-state index is 11.3. The van der Waals surface area contributed by atoms with Gasteiger partial charge >= 0.3 is 17.1 Å². The molecule has 0 atom stereocenters. The number of carbonyl (C=O) groups is 1. The van der Waals surface area contributed by atoms with Crippen molar-refractivity contribution in [3.8, 4) is 0 Å². The first-order valence-electron chi connectivity index (χ1n) is 6.75. The molecule has 0 aromatic heterocycles. The summed E-state index contributed by atoms with van der Waals surface area (Å²) in [6.45, 7) is 4.00. The Hall–Kier alpha value is 0.189. The molecule has 2 rings (SSSR count).